The van der Waals surface area contributed by atoms with Gasteiger partial charge in [-0.25, -0.2) is 9.39 Å². The highest BCUT2D eigenvalue weighted by Crippen LogP contribution is 2.48. The number of aliphatic hydroxyl groups is 1. The van der Waals surface area contributed by atoms with Crippen molar-refractivity contribution in [1.82, 2.24) is 20.2 Å². The van der Waals surface area contributed by atoms with E-state index in [1.54, 1.807) is 12.1 Å². The van der Waals surface area contributed by atoms with Crippen LogP contribution in [0.25, 0.3) is 0 Å². The molecule has 4 N–H and O–H groups in total. The van der Waals surface area contributed by atoms with Gasteiger partial charge >= 0.3 is 5.97 Å². The third kappa shape index (κ3) is 6.03. The highest BCUT2D eigenvalue weighted by atomic mass is 16.4. The van der Waals surface area contributed by atoms with E-state index in [2.05, 4.69) is 76.3 Å². The van der Waals surface area contributed by atoms with E-state index in [-0.39, 0.29) is 18.0 Å². The maximum Gasteiger partial charge on any atom is 0.335 e. The van der Waals surface area contributed by atoms with Crippen molar-refractivity contribution in [2.75, 3.05) is 19.6 Å². The largest absolute Gasteiger partial charge is 0.478 e. The number of carboxylic acid groups (broad SMARTS) is 1. The van der Waals surface area contributed by atoms with Gasteiger partial charge in [-0.15, -0.1) is 0 Å². The summed E-state index contributed by atoms with van der Waals surface area (Å²) in [6.45, 7) is 3.46. The van der Waals surface area contributed by atoms with Crippen molar-refractivity contribution in [3.8, 4) is 0 Å². The summed E-state index contributed by atoms with van der Waals surface area (Å²) < 4.78 is 0.716. The molecule has 3 fully saturated rings. The van der Waals surface area contributed by atoms with Gasteiger partial charge in [0.25, 0.3) is 0 Å². The molecule has 0 radical (unpaired) electrons. The van der Waals surface area contributed by atoms with Crippen LogP contribution in [0.4, 0.5) is 5.69 Å². The number of nitrogens with one attached hydrogen (secondary N) is 2. The van der Waals surface area contributed by atoms with E-state index in [0.29, 0.717) is 16.2 Å². The standard InChI is InChI=1S/C35H44N4O3/c40-34(37-29-20-22-38(23-21-29)25-26-16-18-28(19-17-26)35(41)42)32-24-36-39(30-12-6-2-7-13-30,31-14-8-3-9-15-31)33(32)27-10-4-1-5-11-27/h1-2,4-7,10-13,16-19,29,31-34,36-37,40H,3,8-9,14-15,20-25H2/p+1. The molecule has 0 bridgehead atoms. The third-order valence-electron chi connectivity index (χ3n) is 9.91. The number of rotatable bonds is 9. The number of carbonyl (C=O) groups is 1. The lowest BCUT2D eigenvalue weighted by Gasteiger charge is -2.47. The van der Waals surface area contributed by atoms with Crippen molar-refractivity contribution in [3.05, 3.63) is 102 Å². The topological polar surface area (TPSA) is 84.8 Å². The molecule has 7 heteroatoms. The van der Waals surface area contributed by atoms with Gasteiger partial charge < -0.3 is 10.2 Å². The maximum atomic E-state index is 11.9. The summed E-state index contributed by atoms with van der Waals surface area (Å²) in [5, 5.41) is 24.7. The molecular weight excluding hydrogens is 524 g/mol. The molecule has 4 unspecified atom stereocenters. The van der Waals surface area contributed by atoms with Gasteiger partial charge in [0.2, 0.25) is 0 Å². The molecule has 2 heterocycles. The molecule has 6 rings (SSSR count). The molecule has 0 amide bonds. The molecule has 1 aliphatic carbocycles. The number of benzene rings is 3. The van der Waals surface area contributed by atoms with E-state index in [0.717, 1.165) is 44.6 Å². The number of likely N-dealkylation sites (tertiary alicyclic amines) is 1. The molecule has 3 aromatic rings. The van der Waals surface area contributed by atoms with Gasteiger partial charge in [0, 0.05) is 43.1 Å². The summed E-state index contributed by atoms with van der Waals surface area (Å²) in [6, 6.07) is 29.8. The summed E-state index contributed by atoms with van der Waals surface area (Å²) in [7, 11) is 0. The number of hydrogen-bond acceptors (Lipinski definition) is 5. The average Bonchev–Trinajstić information content (AvgIpc) is 3.45. The van der Waals surface area contributed by atoms with E-state index >= 15 is 0 Å². The lowest BCUT2D eigenvalue weighted by Crippen LogP contribution is -2.63. The maximum absolute atomic E-state index is 11.9. The predicted molar refractivity (Wildman–Crippen MR) is 167 cm³/mol. The molecule has 0 spiro atoms. The molecule has 3 aromatic carbocycles. The molecular formula is C35H45N4O3+. The van der Waals surface area contributed by atoms with Crippen LogP contribution in [0, 0.1) is 5.92 Å². The lowest BCUT2D eigenvalue weighted by molar-refractivity contribution is 0.0224. The molecule has 42 heavy (non-hydrogen) atoms. The second kappa shape index (κ2) is 13.1. The highest BCUT2D eigenvalue weighted by molar-refractivity contribution is 5.87. The molecule has 3 aliphatic rings. The van der Waals surface area contributed by atoms with E-state index in [9.17, 15) is 9.90 Å². The second-order valence-electron chi connectivity index (χ2n) is 12.5. The van der Waals surface area contributed by atoms with Gasteiger partial charge in [0.15, 0.2) is 5.69 Å². The Morgan fingerprint density at radius 3 is 2.17 bits per heavy atom. The Hall–Kier alpha value is -3.07. The van der Waals surface area contributed by atoms with Crippen LogP contribution >= 0.6 is 0 Å². The Morgan fingerprint density at radius 1 is 0.881 bits per heavy atom. The van der Waals surface area contributed by atoms with Crippen molar-refractivity contribution < 1.29 is 15.0 Å². The van der Waals surface area contributed by atoms with Crippen LogP contribution in [0.15, 0.2) is 84.9 Å². The van der Waals surface area contributed by atoms with Gasteiger partial charge in [0.1, 0.15) is 18.3 Å². The van der Waals surface area contributed by atoms with Gasteiger partial charge in [-0.3, -0.25) is 10.2 Å². The summed E-state index contributed by atoms with van der Waals surface area (Å²) in [5.74, 6) is -0.863. The van der Waals surface area contributed by atoms with Crippen LogP contribution in [0.3, 0.4) is 0 Å². The molecule has 2 aliphatic heterocycles. The SMILES string of the molecule is O=C(O)c1ccc(CN2CCC(NC(O)C3CN[N+](c4ccccc4)(C4CCCCC4)C3c3ccccc3)CC2)cc1. The highest BCUT2D eigenvalue weighted by Gasteiger charge is 2.57. The molecule has 4 atom stereocenters. The summed E-state index contributed by atoms with van der Waals surface area (Å²) in [4.78, 5) is 13.6. The molecule has 0 aromatic heterocycles. The van der Waals surface area contributed by atoms with Crippen LogP contribution in [0.1, 0.15) is 72.5 Å². The molecule has 1 saturated carbocycles. The third-order valence-corrected chi connectivity index (χ3v) is 9.91. The minimum atomic E-state index is -0.891. The normalized spacial score (nSPS) is 26.7. The second-order valence-corrected chi connectivity index (χ2v) is 12.5. The van der Waals surface area contributed by atoms with Crippen molar-refractivity contribution in [2.24, 2.45) is 5.92 Å². The summed E-state index contributed by atoms with van der Waals surface area (Å²) in [5.41, 5.74) is 8.04. The summed E-state index contributed by atoms with van der Waals surface area (Å²) in [6.07, 6.45) is 7.54. The number of carboxylic acids is 1. The first-order valence-corrected chi connectivity index (χ1v) is 15.8. The van der Waals surface area contributed by atoms with E-state index in [1.165, 1.54) is 43.4 Å². The van der Waals surface area contributed by atoms with Crippen molar-refractivity contribution in [3.63, 3.8) is 0 Å². The predicted octanol–water partition coefficient (Wildman–Crippen LogP) is 5.47. The number of para-hydroxylation sites is 1. The minimum absolute atomic E-state index is 0.0281. The zero-order valence-corrected chi connectivity index (χ0v) is 24.4. The van der Waals surface area contributed by atoms with Gasteiger partial charge in [-0.05, 0) is 56.5 Å². The van der Waals surface area contributed by atoms with Crippen LogP contribution in [-0.2, 0) is 6.54 Å². The van der Waals surface area contributed by atoms with Crippen LogP contribution in [0.5, 0.6) is 0 Å². The van der Waals surface area contributed by atoms with Crippen molar-refractivity contribution in [2.45, 2.75) is 75.8 Å². The first-order chi connectivity index (χ1) is 20.5. The smallest absolute Gasteiger partial charge is 0.335 e. The minimum Gasteiger partial charge on any atom is -0.478 e. The molecule has 7 nitrogen and oxygen atoms in total. The molecule has 2 saturated heterocycles. The fourth-order valence-corrected chi connectivity index (χ4v) is 7.80. The average molecular weight is 570 g/mol. The Morgan fingerprint density at radius 2 is 1.52 bits per heavy atom. The Bertz CT molecular complexity index is 1290. The van der Waals surface area contributed by atoms with E-state index < -0.39 is 12.2 Å². The zero-order chi connectivity index (χ0) is 28.9. The Labute approximate surface area is 249 Å². The zero-order valence-electron chi connectivity index (χ0n) is 24.4. The fraction of sp³-hybridized carbons (Fsp3) is 0.457. The Balaban J connectivity index is 1.17. The Kier molecular flexibility index (Phi) is 9.03. The number of aliphatic hydroxyl groups excluding tert-OH is 1. The quantitative estimate of drug-likeness (QED) is 0.202. The first kappa shape index (κ1) is 29.0. The fourth-order valence-electron chi connectivity index (χ4n) is 7.80. The monoisotopic (exact) mass is 569 g/mol. The number of piperidine rings is 1. The van der Waals surface area contributed by atoms with E-state index in [1.807, 2.05) is 12.1 Å². The van der Waals surface area contributed by atoms with Gasteiger partial charge in [-0.2, -0.15) is 5.43 Å². The molecule has 222 valence electrons. The van der Waals surface area contributed by atoms with Gasteiger partial charge in [-0.1, -0.05) is 67.1 Å². The van der Waals surface area contributed by atoms with Crippen LogP contribution < -0.4 is 15.3 Å². The van der Waals surface area contributed by atoms with E-state index in [4.69, 9.17) is 5.11 Å². The van der Waals surface area contributed by atoms with Gasteiger partial charge in [0.05, 0.1) is 18.0 Å². The first-order valence-electron chi connectivity index (χ1n) is 15.8. The number of hydrogen-bond donors (Lipinski definition) is 4. The number of nitrogens with zero attached hydrogens (tertiary/aromatic N) is 2. The summed E-state index contributed by atoms with van der Waals surface area (Å²) >= 11 is 0. The number of aromatic carboxylic acids is 1. The number of quaternary nitrogens is 1. The van der Waals surface area contributed by atoms with Crippen LogP contribution in [0.2, 0.25) is 0 Å². The van der Waals surface area contributed by atoms with Crippen molar-refractivity contribution >= 4 is 11.7 Å². The van der Waals surface area contributed by atoms with Crippen molar-refractivity contribution in [1.29, 1.82) is 0 Å². The van der Waals surface area contributed by atoms with Crippen LogP contribution in [-0.4, -0.2) is 59.0 Å². The lowest BCUT2D eigenvalue weighted by atomic mass is 9.85.